The van der Waals surface area contributed by atoms with E-state index in [1.165, 1.54) is 12.1 Å². The number of ether oxygens (including phenoxy) is 1. The molecule has 6 nitrogen and oxygen atoms in total. The molecule has 0 saturated carbocycles. The van der Waals surface area contributed by atoms with Crippen molar-refractivity contribution in [2.75, 3.05) is 13.7 Å². The molecule has 172 valence electrons. The van der Waals surface area contributed by atoms with E-state index >= 15 is 0 Å². The first-order valence-electron chi connectivity index (χ1n) is 10.8. The minimum atomic E-state index is -0.446. The van der Waals surface area contributed by atoms with Gasteiger partial charge in [0, 0.05) is 34.8 Å². The van der Waals surface area contributed by atoms with Crippen LogP contribution in [0.5, 0.6) is 5.75 Å². The minimum Gasteiger partial charge on any atom is -0.497 e. The highest BCUT2D eigenvalue weighted by Gasteiger charge is 2.16. The molecule has 0 radical (unpaired) electrons. The predicted molar refractivity (Wildman–Crippen MR) is 130 cm³/mol. The summed E-state index contributed by atoms with van der Waals surface area (Å²) in [6.07, 6.45) is 3.84. The summed E-state index contributed by atoms with van der Waals surface area (Å²) in [5.41, 5.74) is 2.88. The number of halogens is 1. The zero-order chi connectivity index (χ0) is 23.9. The molecule has 0 aliphatic heterocycles. The van der Waals surface area contributed by atoms with E-state index in [2.05, 4.69) is 15.6 Å². The van der Waals surface area contributed by atoms with Crippen molar-refractivity contribution >= 4 is 28.8 Å². The SMILES string of the molecule is COc1ccc2[nH]cc(C=C(NC(=O)c3ccccc3)C(=O)NCCc3cccc(F)c3)c2c1. The summed E-state index contributed by atoms with van der Waals surface area (Å²) in [6.45, 7) is 0.280. The Morgan fingerprint density at radius 3 is 2.62 bits per heavy atom. The number of fused-ring (bicyclic) bond motifs is 1. The third-order valence-electron chi connectivity index (χ3n) is 5.34. The summed E-state index contributed by atoms with van der Waals surface area (Å²) in [4.78, 5) is 29.0. The smallest absolute Gasteiger partial charge is 0.267 e. The van der Waals surface area contributed by atoms with Gasteiger partial charge >= 0.3 is 0 Å². The van der Waals surface area contributed by atoms with Gasteiger partial charge < -0.3 is 20.4 Å². The average Bonchev–Trinajstić information content (AvgIpc) is 3.26. The molecule has 0 aliphatic rings. The predicted octanol–water partition coefficient (Wildman–Crippen LogP) is 4.45. The highest BCUT2D eigenvalue weighted by Crippen LogP contribution is 2.25. The van der Waals surface area contributed by atoms with Gasteiger partial charge in [0.05, 0.1) is 7.11 Å². The molecule has 0 spiro atoms. The Morgan fingerprint density at radius 1 is 1.03 bits per heavy atom. The molecule has 1 aromatic heterocycles. The van der Waals surface area contributed by atoms with Crippen molar-refractivity contribution < 1.29 is 18.7 Å². The highest BCUT2D eigenvalue weighted by atomic mass is 19.1. The van der Waals surface area contributed by atoms with E-state index in [4.69, 9.17) is 4.74 Å². The van der Waals surface area contributed by atoms with Crippen molar-refractivity contribution in [1.29, 1.82) is 0 Å². The number of methoxy groups -OCH3 is 1. The van der Waals surface area contributed by atoms with Crippen LogP contribution in [0.15, 0.2) is 84.7 Å². The maximum Gasteiger partial charge on any atom is 0.267 e. The number of aromatic nitrogens is 1. The maximum atomic E-state index is 13.4. The molecule has 1 heterocycles. The molecule has 0 fully saturated rings. The second-order valence-corrected chi connectivity index (χ2v) is 7.67. The van der Waals surface area contributed by atoms with E-state index in [9.17, 15) is 14.0 Å². The standard InChI is InChI=1S/C27H24FN3O3/c1-34-22-10-11-24-23(16-22)20(17-30-24)15-25(31-26(32)19-7-3-2-4-8-19)27(33)29-13-12-18-6-5-9-21(28)14-18/h2-11,14-17,30H,12-13H2,1H3,(H,29,33)(H,31,32). The van der Waals surface area contributed by atoms with Gasteiger partial charge in [-0.1, -0.05) is 30.3 Å². The van der Waals surface area contributed by atoms with Crippen LogP contribution in [0.3, 0.4) is 0 Å². The fourth-order valence-corrected chi connectivity index (χ4v) is 3.57. The second-order valence-electron chi connectivity index (χ2n) is 7.67. The summed E-state index contributed by atoms with van der Waals surface area (Å²) in [5, 5.41) is 6.38. The Balaban J connectivity index is 1.58. The first-order chi connectivity index (χ1) is 16.5. The lowest BCUT2D eigenvalue weighted by molar-refractivity contribution is -0.117. The molecule has 0 bridgehead atoms. The maximum absolute atomic E-state index is 13.4. The van der Waals surface area contributed by atoms with Crippen LogP contribution in [0.1, 0.15) is 21.5 Å². The lowest BCUT2D eigenvalue weighted by atomic mass is 10.1. The van der Waals surface area contributed by atoms with Gasteiger partial charge in [0.25, 0.3) is 11.8 Å². The Bertz CT molecular complexity index is 1350. The number of hydrogen-bond donors (Lipinski definition) is 3. The van der Waals surface area contributed by atoms with E-state index in [-0.39, 0.29) is 18.1 Å². The Hall–Kier alpha value is -4.39. The molecule has 3 N–H and O–H groups in total. The molecule has 7 heteroatoms. The van der Waals surface area contributed by atoms with E-state index in [1.54, 1.807) is 55.8 Å². The van der Waals surface area contributed by atoms with Crippen LogP contribution >= 0.6 is 0 Å². The molecule has 4 aromatic rings. The zero-order valence-corrected chi connectivity index (χ0v) is 18.6. The first kappa shape index (κ1) is 22.8. The number of H-pyrrole nitrogens is 1. The number of aromatic amines is 1. The molecule has 4 rings (SSSR count). The highest BCUT2D eigenvalue weighted by molar-refractivity contribution is 6.06. The van der Waals surface area contributed by atoms with Gasteiger partial charge in [-0.2, -0.15) is 0 Å². The van der Waals surface area contributed by atoms with Crippen molar-refractivity contribution in [3.8, 4) is 5.75 Å². The van der Waals surface area contributed by atoms with E-state index < -0.39 is 11.8 Å². The summed E-state index contributed by atoms with van der Waals surface area (Å²) in [7, 11) is 1.58. The summed E-state index contributed by atoms with van der Waals surface area (Å²) in [5.74, 6) is -0.493. The molecule has 0 unspecified atom stereocenters. The number of nitrogens with one attached hydrogen (secondary N) is 3. The molecule has 0 aliphatic carbocycles. The van der Waals surface area contributed by atoms with Crippen LogP contribution in [0, 0.1) is 5.82 Å². The first-order valence-corrected chi connectivity index (χ1v) is 10.8. The summed E-state index contributed by atoms with van der Waals surface area (Å²) in [6, 6.07) is 20.5. The molecule has 34 heavy (non-hydrogen) atoms. The molecular formula is C27H24FN3O3. The number of rotatable bonds is 8. The van der Waals surface area contributed by atoms with E-state index in [0.29, 0.717) is 17.7 Å². The Labute approximate surface area is 196 Å². The number of amides is 2. The van der Waals surface area contributed by atoms with Crippen LogP contribution in [0.25, 0.3) is 17.0 Å². The van der Waals surface area contributed by atoms with Crippen molar-refractivity contribution in [3.05, 3.63) is 107 Å². The Morgan fingerprint density at radius 2 is 1.85 bits per heavy atom. The van der Waals surface area contributed by atoms with Crippen LogP contribution in [-0.2, 0) is 11.2 Å². The number of carbonyl (C=O) groups is 2. The quantitative estimate of drug-likeness (QED) is 0.342. The number of benzene rings is 3. The molecular weight excluding hydrogens is 433 g/mol. The van der Waals surface area contributed by atoms with E-state index in [0.717, 1.165) is 22.0 Å². The zero-order valence-electron chi connectivity index (χ0n) is 18.6. The van der Waals surface area contributed by atoms with Crippen molar-refractivity contribution in [3.63, 3.8) is 0 Å². The number of hydrogen-bond acceptors (Lipinski definition) is 3. The van der Waals surface area contributed by atoms with Gasteiger partial charge in [-0.25, -0.2) is 4.39 Å². The van der Waals surface area contributed by atoms with Gasteiger partial charge in [0.15, 0.2) is 0 Å². The summed E-state index contributed by atoms with van der Waals surface area (Å²) >= 11 is 0. The van der Waals surface area contributed by atoms with E-state index in [1.807, 2.05) is 24.3 Å². The third kappa shape index (κ3) is 5.50. The van der Waals surface area contributed by atoms with Gasteiger partial charge in [0.1, 0.15) is 17.3 Å². The lowest BCUT2D eigenvalue weighted by Gasteiger charge is -2.11. The number of carbonyl (C=O) groups excluding carboxylic acids is 2. The fourth-order valence-electron chi connectivity index (χ4n) is 3.57. The van der Waals surface area contributed by atoms with Gasteiger partial charge in [0.2, 0.25) is 0 Å². The monoisotopic (exact) mass is 457 g/mol. The van der Waals surface area contributed by atoms with Crippen molar-refractivity contribution in [2.24, 2.45) is 0 Å². The average molecular weight is 458 g/mol. The van der Waals surface area contributed by atoms with Crippen LogP contribution < -0.4 is 15.4 Å². The van der Waals surface area contributed by atoms with Gasteiger partial charge in [-0.3, -0.25) is 9.59 Å². The molecule has 2 amide bonds. The third-order valence-corrected chi connectivity index (χ3v) is 5.34. The van der Waals surface area contributed by atoms with Crippen LogP contribution in [-0.4, -0.2) is 30.5 Å². The van der Waals surface area contributed by atoms with Gasteiger partial charge in [-0.15, -0.1) is 0 Å². The largest absolute Gasteiger partial charge is 0.497 e. The van der Waals surface area contributed by atoms with Crippen molar-refractivity contribution in [2.45, 2.75) is 6.42 Å². The van der Waals surface area contributed by atoms with Crippen LogP contribution in [0.4, 0.5) is 4.39 Å². The second kappa shape index (κ2) is 10.5. The van der Waals surface area contributed by atoms with Crippen LogP contribution in [0.2, 0.25) is 0 Å². The molecule has 3 aromatic carbocycles. The topological polar surface area (TPSA) is 83.2 Å². The molecule has 0 saturated heterocycles. The van der Waals surface area contributed by atoms with Crippen molar-refractivity contribution in [1.82, 2.24) is 15.6 Å². The fraction of sp³-hybridized carbons (Fsp3) is 0.111. The molecule has 0 atom stereocenters. The minimum absolute atomic E-state index is 0.0943. The summed E-state index contributed by atoms with van der Waals surface area (Å²) < 4.78 is 18.7. The van der Waals surface area contributed by atoms with Gasteiger partial charge in [-0.05, 0) is 60.5 Å². The Kier molecular flexibility index (Phi) is 7.03. The normalized spacial score (nSPS) is 11.3. The lowest BCUT2D eigenvalue weighted by Crippen LogP contribution is -2.35.